The van der Waals surface area contributed by atoms with E-state index in [0.717, 1.165) is 22.4 Å². The predicted molar refractivity (Wildman–Crippen MR) is 88.8 cm³/mol. The second-order valence-electron chi connectivity index (χ2n) is 5.71. The van der Waals surface area contributed by atoms with Gasteiger partial charge in [0.05, 0.1) is 12.1 Å². The van der Waals surface area contributed by atoms with Crippen molar-refractivity contribution in [2.45, 2.75) is 20.3 Å². The van der Waals surface area contributed by atoms with Crippen molar-refractivity contribution in [2.24, 2.45) is 0 Å². The van der Waals surface area contributed by atoms with Crippen molar-refractivity contribution >= 4 is 23.2 Å². The van der Waals surface area contributed by atoms with Crippen molar-refractivity contribution in [3.05, 3.63) is 53.1 Å². The molecule has 2 aromatic rings. The first-order chi connectivity index (χ1) is 11.0. The first-order valence-electron chi connectivity index (χ1n) is 7.44. The molecule has 0 spiro atoms. The molecule has 118 valence electrons. The van der Waals surface area contributed by atoms with E-state index in [1.165, 1.54) is 0 Å². The Morgan fingerprint density at radius 1 is 1.22 bits per heavy atom. The molecular weight excluding hydrogens is 292 g/mol. The third kappa shape index (κ3) is 3.51. The van der Waals surface area contributed by atoms with Crippen LogP contribution in [-0.2, 0) is 16.0 Å². The maximum Gasteiger partial charge on any atom is 0.262 e. The number of benzene rings is 2. The molecule has 2 amide bonds. The van der Waals surface area contributed by atoms with Gasteiger partial charge < -0.3 is 15.4 Å². The van der Waals surface area contributed by atoms with Gasteiger partial charge in [0.15, 0.2) is 6.61 Å². The molecule has 0 aromatic heterocycles. The quantitative estimate of drug-likeness (QED) is 0.916. The number of hydrogen-bond donors (Lipinski definition) is 2. The van der Waals surface area contributed by atoms with Crippen LogP contribution in [0.5, 0.6) is 5.75 Å². The third-order valence-corrected chi connectivity index (χ3v) is 3.71. The first-order valence-corrected chi connectivity index (χ1v) is 7.44. The van der Waals surface area contributed by atoms with E-state index >= 15 is 0 Å². The molecule has 0 bridgehead atoms. The summed E-state index contributed by atoms with van der Waals surface area (Å²) in [6.07, 6.45) is 0.233. The number of carbonyl (C=O) groups excluding carboxylic acids is 2. The van der Waals surface area contributed by atoms with Crippen LogP contribution in [0.15, 0.2) is 36.4 Å². The van der Waals surface area contributed by atoms with Gasteiger partial charge in [-0.15, -0.1) is 0 Å². The lowest BCUT2D eigenvalue weighted by molar-refractivity contribution is -0.118. The van der Waals surface area contributed by atoms with E-state index in [4.69, 9.17) is 4.74 Å². The van der Waals surface area contributed by atoms with Crippen molar-refractivity contribution in [1.82, 2.24) is 0 Å². The molecule has 1 heterocycles. The second kappa shape index (κ2) is 6.12. The van der Waals surface area contributed by atoms with Crippen molar-refractivity contribution < 1.29 is 14.3 Å². The Morgan fingerprint density at radius 3 is 2.87 bits per heavy atom. The number of anilines is 2. The topological polar surface area (TPSA) is 67.4 Å². The highest BCUT2D eigenvalue weighted by atomic mass is 16.5. The average Bonchev–Trinajstić information content (AvgIpc) is 2.50. The number of fused-ring (bicyclic) bond motifs is 1. The molecule has 1 aliphatic rings. The molecule has 2 N–H and O–H groups in total. The highest BCUT2D eigenvalue weighted by molar-refractivity contribution is 5.96. The molecule has 0 unspecified atom stereocenters. The maximum absolute atomic E-state index is 12.2. The van der Waals surface area contributed by atoms with Crippen molar-refractivity contribution in [3.63, 3.8) is 0 Å². The van der Waals surface area contributed by atoms with E-state index in [9.17, 15) is 9.59 Å². The van der Waals surface area contributed by atoms with E-state index in [1.54, 1.807) is 12.1 Å². The summed E-state index contributed by atoms with van der Waals surface area (Å²) >= 11 is 0. The fourth-order valence-corrected chi connectivity index (χ4v) is 2.49. The summed E-state index contributed by atoms with van der Waals surface area (Å²) in [7, 11) is 0. The Morgan fingerprint density at radius 2 is 2.04 bits per heavy atom. The summed E-state index contributed by atoms with van der Waals surface area (Å²) < 4.78 is 5.31. The van der Waals surface area contributed by atoms with Gasteiger partial charge >= 0.3 is 0 Å². The van der Waals surface area contributed by atoms with Gasteiger partial charge in [0.1, 0.15) is 5.75 Å². The summed E-state index contributed by atoms with van der Waals surface area (Å²) in [6.45, 7) is 3.97. The van der Waals surface area contributed by atoms with Gasteiger partial charge in [-0.1, -0.05) is 18.2 Å². The van der Waals surface area contributed by atoms with E-state index in [0.29, 0.717) is 11.4 Å². The van der Waals surface area contributed by atoms with Gasteiger partial charge in [0.2, 0.25) is 5.91 Å². The second-order valence-corrected chi connectivity index (χ2v) is 5.71. The predicted octanol–water partition coefficient (Wildman–Crippen LogP) is 2.82. The normalized spacial score (nSPS) is 12.9. The third-order valence-electron chi connectivity index (χ3n) is 3.71. The fraction of sp³-hybridized carbons (Fsp3) is 0.222. The largest absolute Gasteiger partial charge is 0.482 e. The number of carbonyl (C=O) groups is 2. The lowest BCUT2D eigenvalue weighted by atomic mass is 10.1. The Labute approximate surface area is 134 Å². The summed E-state index contributed by atoms with van der Waals surface area (Å²) in [5, 5.41) is 5.67. The van der Waals surface area contributed by atoms with Crippen LogP contribution in [0, 0.1) is 13.8 Å². The lowest BCUT2D eigenvalue weighted by Gasteiger charge is -2.18. The van der Waals surface area contributed by atoms with Gasteiger partial charge in [-0.05, 0) is 48.7 Å². The SMILES string of the molecule is Cc1ccc(C)c(NC(=O)Cc2ccc3c(c2)NC(=O)CO3)c1. The summed E-state index contributed by atoms with van der Waals surface area (Å²) in [4.78, 5) is 23.6. The molecule has 3 rings (SSSR count). The van der Waals surface area contributed by atoms with Crippen LogP contribution >= 0.6 is 0 Å². The van der Waals surface area contributed by atoms with Gasteiger partial charge in [-0.2, -0.15) is 0 Å². The summed E-state index contributed by atoms with van der Waals surface area (Å²) in [6, 6.07) is 11.3. The van der Waals surface area contributed by atoms with Crippen LogP contribution in [0.1, 0.15) is 16.7 Å². The standard InChI is InChI=1S/C18H18N2O3/c1-11-3-4-12(2)14(7-11)19-17(21)9-13-5-6-16-15(8-13)20-18(22)10-23-16/h3-8H,9-10H2,1-2H3,(H,19,21)(H,20,22). The monoisotopic (exact) mass is 310 g/mol. The van der Waals surface area contributed by atoms with Gasteiger partial charge in [0, 0.05) is 5.69 Å². The van der Waals surface area contributed by atoms with E-state index in [2.05, 4.69) is 10.6 Å². The van der Waals surface area contributed by atoms with Gasteiger partial charge in [-0.25, -0.2) is 0 Å². The van der Waals surface area contributed by atoms with Crippen LogP contribution < -0.4 is 15.4 Å². The first kappa shape index (κ1) is 15.1. The Bertz CT molecular complexity index is 784. The van der Waals surface area contributed by atoms with Crippen LogP contribution in [0.25, 0.3) is 0 Å². The van der Waals surface area contributed by atoms with Crippen molar-refractivity contribution in [3.8, 4) is 5.75 Å². The van der Waals surface area contributed by atoms with Gasteiger partial charge in [-0.3, -0.25) is 9.59 Å². The van der Waals surface area contributed by atoms with Crippen LogP contribution in [0.4, 0.5) is 11.4 Å². The molecule has 0 saturated heterocycles. The van der Waals surface area contributed by atoms with Gasteiger partial charge in [0.25, 0.3) is 5.91 Å². The Balaban J connectivity index is 1.72. The maximum atomic E-state index is 12.2. The average molecular weight is 310 g/mol. The fourth-order valence-electron chi connectivity index (χ4n) is 2.49. The highest BCUT2D eigenvalue weighted by Gasteiger charge is 2.16. The molecule has 0 fully saturated rings. The minimum atomic E-state index is -0.186. The number of ether oxygens (including phenoxy) is 1. The molecular formula is C18H18N2O3. The number of rotatable bonds is 3. The molecule has 0 atom stereocenters. The summed E-state index contributed by atoms with van der Waals surface area (Å²) in [5.74, 6) is 0.347. The number of amides is 2. The summed E-state index contributed by atoms with van der Waals surface area (Å²) in [5.41, 5.74) is 4.37. The highest BCUT2D eigenvalue weighted by Crippen LogP contribution is 2.28. The number of nitrogens with one attached hydrogen (secondary N) is 2. The zero-order valence-corrected chi connectivity index (χ0v) is 13.1. The zero-order valence-electron chi connectivity index (χ0n) is 13.1. The Kier molecular flexibility index (Phi) is 4.02. The molecule has 0 aliphatic carbocycles. The molecule has 0 saturated carbocycles. The molecule has 2 aromatic carbocycles. The number of hydrogen-bond acceptors (Lipinski definition) is 3. The lowest BCUT2D eigenvalue weighted by Crippen LogP contribution is -2.25. The zero-order chi connectivity index (χ0) is 16.4. The van der Waals surface area contributed by atoms with Crippen molar-refractivity contribution in [1.29, 1.82) is 0 Å². The van der Waals surface area contributed by atoms with E-state index in [-0.39, 0.29) is 24.8 Å². The van der Waals surface area contributed by atoms with E-state index < -0.39 is 0 Å². The van der Waals surface area contributed by atoms with E-state index in [1.807, 2.05) is 38.1 Å². The minimum absolute atomic E-state index is 0.0272. The molecule has 5 heteroatoms. The minimum Gasteiger partial charge on any atom is -0.482 e. The molecule has 1 aliphatic heterocycles. The number of aryl methyl sites for hydroxylation is 2. The smallest absolute Gasteiger partial charge is 0.262 e. The van der Waals surface area contributed by atoms with Crippen LogP contribution in [0.3, 0.4) is 0 Å². The molecule has 0 radical (unpaired) electrons. The van der Waals surface area contributed by atoms with Crippen molar-refractivity contribution in [2.75, 3.05) is 17.2 Å². The van der Waals surface area contributed by atoms with Crippen LogP contribution in [-0.4, -0.2) is 18.4 Å². The molecule has 5 nitrogen and oxygen atoms in total. The van der Waals surface area contributed by atoms with Crippen LogP contribution in [0.2, 0.25) is 0 Å². The molecule has 23 heavy (non-hydrogen) atoms. The Hall–Kier alpha value is -2.82.